The molecule has 0 aliphatic heterocycles. The van der Waals surface area contributed by atoms with Crippen molar-refractivity contribution in [3.05, 3.63) is 65.9 Å². The molecule has 0 radical (unpaired) electrons. The first kappa shape index (κ1) is 25.1. The van der Waals surface area contributed by atoms with E-state index in [9.17, 15) is 26.3 Å². The minimum Gasteiger partial charge on any atom is -0.354 e. The Balaban J connectivity index is 1.79. The summed E-state index contributed by atoms with van der Waals surface area (Å²) in [7, 11) is 0. The van der Waals surface area contributed by atoms with Crippen molar-refractivity contribution >= 4 is 28.5 Å². The Kier molecular flexibility index (Phi) is 6.70. The highest BCUT2D eigenvalue weighted by Crippen LogP contribution is 2.36. The fraction of sp³-hybridized carbons (Fsp3) is 0.250. The van der Waals surface area contributed by atoms with Crippen LogP contribution >= 0.6 is 0 Å². The quantitative estimate of drug-likeness (QED) is 0.276. The zero-order chi connectivity index (χ0) is 26.1. The first-order valence-electron chi connectivity index (χ1n) is 10.8. The highest BCUT2D eigenvalue weighted by atomic mass is 19.4. The molecule has 0 saturated heterocycles. The monoisotopic (exact) mass is 506 g/mol. The Morgan fingerprint density at radius 3 is 2.19 bits per heavy atom. The summed E-state index contributed by atoms with van der Waals surface area (Å²) in [5, 5.41) is 6.35. The summed E-state index contributed by atoms with van der Waals surface area (Å²) in [6, 6.07) is 9.33. The molecule has 0 unspecified atom stereocenters. The molecular formula is C24H20F6N6. The van der Waals surface area contributed by atoms with E-state index >= 15 is 0 Å². The second-order valence-corrected chi connectivity index (χ2v) is 8.34. The highest BCUT2D eigenvalue weighted by molar-refractivity contribution is 5.91. The molecule has 12 heteroatoms. The van der Waals surface area contributed by atoms with Gasteiger partial charge in [-0.15, -0.1) is 0 Å². The predicted molar refractivity (Wildman–Crippen MR) is 124 cm³/mol. The van der Waals surface area contributed by atoms with E-state index in [1.54, 1.807) is 0 Å². The molecule has 4 rings (SSSR count). The van der Waals surface area contributed by atoms with Gasteiger partial charge >= 0.3 is 12.4 Å². The molecule has 3 heterocycles. The highest BCUT2D eigenvalue weighted by Gasteiger charge is 2.35. The van der Waals surface area contributed by atoms with Crippen LogP contribution in [0.5, 0.6) is 0 Å². The smallest absolute Gasteiger partial charge is 0.354 e. The summed E-state index contributed by atoms with van der Waals surface area (Å²) in [5.41, 5.74) is -1.72. The van der Waals surface area contributed by atoms with Gasteiger partial charge in [0.05, 0.1) is 22.2 Å². The summed E-state index contributed by atoms with van der Waals surface area (Å²) < 4.78 is 79.3. The SMILES string of the molecule is CC(C)CNc1nc(Nc2ccc(C(F)(F)F)cc2)c2ccc(-c3ncccc3C(F)(F)F)nc2n1. The number of rotatable bonds is 6. The van der Waals surface area contributed by atoms with E-state index in [1.807, 2.05) is 13.8 Å². The van der Waals surface area contributed by atoms with Crippen LogP contribution in [0.4, 0.5) is 43.8 Å². The molecule has 0 fully saturated rings. The number of nitrogens with one attached hydrogen (secondary N) is 2. The minimum absolute atomic E-state index is 0.0376. The van der Waals surface area contributed by atoms with Crippen LogP contribution in [0.2, 0.25) is 0 Å². The molecule has 0 bridgehead atoms. The van der Waals surface area contributed by atoms with Gasteiger partial charge in [-0.05, 0) is 54.4 Å². The van der Waals surface area contributed by atoms with E-state index in [4.69, 9.17) is 0 Å². The van der Waals surface area contributed by atoms with Crippen molar-refractivity contribution in [1.29, 1.82) is 0 Å². The fourth-order valence-electron chi connectivity index (χ4n) is 3.33. The summed E-state index contributed by atoms with van der Waals surface area (Å²) in [6.45, 7) is 4.43. The molecule has 0 aliphatic rings. The molecule has 0 atom stereocenters. The van der Waals surface area contributed by atoms with Gasteiger partial charge in [0.25, 0.3) is 0 Å². The number of benzene rings is 1. The Labute approximate surface area is 201 Å². The Hall–Kier alpha value is -3.96. The summed E-state index contributed by atoms with van der Waals surface area (Å²) >= 11 is 0. The third kappa shape index (κ3) is 5.64. The lowest BCUT2D eigenvalue weighted by molar-refractivity contribution is -0.138. The second kappa shape index (κ2) is 9.59. The van der Waals surface area contributed by atoms with E-state index in [2.05, 4.69) is 30.6 Å². The normalized spacial score (nSPS) is 12.2. The molecule has 3 aromatic heterocycles. The topological polar surface area (TPSA) is 75.6 Å². The summed E-state index contributed by atoms with van der Waals surface area (Å²) in [6.07, 6.45) is -7.87. The standard InChI is InChI=1S/C24H20F6N6/c1-13(2)12-32-22-35-20(33-15-7-5-14(6-8-15)23(25,26)27)16-9-10-18(34-21(16)36-22)19-17(24(28,29)30)4-3-11-31-19/h3-11,13H,12H2,1-2H3,(H2,32,33,34,35,36). The molecule has 0 aliphatic carbocycles. The number of nitrogens with zero attached hydrogens (tertiary/aromatic N) is 4. The maximum absolute atomic E-state index is 13.5. The number of halogens is 6. The number of aromatic nitrogens is 4. The van der Waals surface area contributed by atoms with Gasteiger partial charge in [-0.3, -0.25) is 4.98 Å². The van der Waals surface area contributed by atoms with E-state index in [0.717, 1.165) is 18.2 Å². The van der Waals surface area contributed by atoms with Gasteiger partial charge in [-0.25, -0.2) is 4.98 Å². The molecule has 0 saturated carbocycles. The molecule has 4 aromatic rings. The molecule has 188 valence electrons. The van der Waals surface area contributed by atoms with Gasteiger partial charge in [0.2, 0.25) is 5.95 Å². The van der Waals surface area contributed by atoms with Gasteiger partial charge in [-0.1, -0.05) is 13.8 Å². The lowest BCUT2D eigenvalue weighted by Gasteiger charge is -2.15. The van der Waals surface area contributed by atoms with Crippen molar-refractivity contribution in [3.63, 3.8) is 0 Å². The Bertz CT molecular complexity index is 1370. The van der Waals surface area contributed by atoms with Crippen LogP contribution in [-0.4, -0.2) is 26.5 Å². The van der Waals surface area contributed by atoms with Gasteiger partial charge in [0, 0.05) is 18.4 Å². The predicted octanol–water partition coefficient (Wildman–Crippen LogP) is 6.94. The van der Waals surface area contributed by atoms with Crippen molar-refractivity contribution in [2.75, 3.05) is 17.2 Å². The van der Waals surface area contributed by atoms with Gasteiger partial charge in [-0.2, -0.15) is 36.3 Å². The van der Waals surface area contributed by atoms with Crippen molar-refractivity contribution in [2.45, 2.75) is 26.2 Å². The lowest BCUT2D eigenvalue weighted by atomic mass is 10.1. The van der Waals surface area contributed by atoms with Crippen LogP contribution < -0.4 is 10.6 Å². The number of alkyl halides is 6. The van der Waals surface area contributed by atoms with Crippen LogP contribution in [0.1, 0.15) is 25.0 Å². The maximum Gasteiger partial charge on any atom is 0.418 e. The summed E-state index contributed by atoms with van der Waals surface area (Å²) in [5.74, 6) is 0.618. The lowest BCUT2D eigenvalue weighted by Crippen LogP contribution is -2.12. The first-order valence-corrected chi connectivity index (χ1v) is 10.8. The van der Waals surface area contributed by atoms with Crippen molar-refractivity contribution in [1.82, 2.24) is 19.9 Å². The van der Waals surface area contributed by atoms with Crippen LogP contribution in [0.15, 0.2) is 54.7 Å². The molecule has 36 heavy (non-hydrogen) atoms. The maximum atomic E-state index is 13.5. The largest absolute Gasteiger partial charge is 0.418 e. The van der Waals surface area contributed by atoms with Crippen LogP contribution in [0, 0.1) is 5.92 Å². The number of hydrogen-bond acceptors (Lipinski definition) is 6. The van der Waals surface area contributed by atoms with E-state index in [-0.39, 0.29) is 34.7 Å². The Morgan fingerprint density at radius 2 is 1.56 bits per heavy atom. The average Bonchev–Trinajstić information content (AvgIpc) is 2.81. The Morgan fingerprint density at radius 1 is 0.833 bits per heavy atom. The van der Waals surface area contributed by atoms with E-state index < -0.39 is 23.5 Å². The van der Waals surface area contributed by atoms with E-state index in [1.165, 1.54) is 36.5 Å². The van der Waals surface area contributed by atoms with Crippen LogP contribution in [0.25, 0.3) is 22.4 Å². The van der Waals surface area contributed by atoms with Gasteiger partial charge < -0.3 is 10.6 Å². The van der Waals surface area contributed by atoms with E-state index in [0.29, 0.717) is 17.6 Å². The van der Waals surface area contributed by atoms with Crippen molar-refractivity contribution in [2.24, 2.45) is 5.92 Å². The number of pyridine rings is 2. The third-order valence-corrected chi connectivity index (χ3v) is 5.06. The van der Waals surface area contributed by atoms with Crippen molar-refractivity contribution in [3.8, 4) is 11.4 Å². The molecule has 6 nitrogen and oxygen atoms in total. The van der Waals surface area contributed by atoms with Crippen LogP contribution in [-0.2, 0) is 12.4 Å². The molecule has 2 N–H and O–H groups in total. The first-order chi connectivity index (χ1) is 16.9. The van der Waals surface area contributed by atoms with Gasteiger partial charge in [0.15, 0.2) is 5.65 Å². The second-order valence-electron chi connectivity index (χ2n) is 8.34. The average molecular weight is 506 g/mol. The summed E-state index contributed by atoms with van der Waals surface area (Å²) in [4.78, 5) is 16.9. The number of fused-ring (bicyclic) bond motifs is 1. The molecule has 0 spiro atoms. The third-order valence-electron chi connectivity index (χ3n) is 5.06. The van der Waals surface area contributed by atoms with Crippen molar-refractivity contribution < 1.29 is 26.3 Å². The zero-order valence-corrected chi connectivity index (χ0v) is 19.0. The molecule has 0 amide bonds. The molecule has 1 aromatic carbocycles. The number of hydrogen-bond donors (Lipinski definition) is 2. The molecular weight excluding hydrogens is 486 g/mol. The van der Waals surface area contributed by atoms with Gasteiger partial charge in [0.1, 0.15) is 11.5 Å². The van der Waals surface area contributed by atoms with Crippen LogP contribution in [0.3, 0.4) is 0 Å². The minimum atomic E-state index is -4.63. The zero-order valence-electron chi connectivity index (χ0n) is 19.0. The fourth-order valence-corrected chi connectivity index (χ4v) is 3.33. The number of anilines is 3.